The van der Waals surface area contributed by atoms with Gasteiger partial charge in [-0.3, -0.25) is 4.79 Å². The summed E-state index contributed by atoms with van der Waals surface area (Å²) in [5, 5.41) is 11.1. The van der Waals surface area contributed by atoms with Crippen LogP contribution in [0.1, 0.15) is 30.5 Å². The number of hydrogen-bond acceptors (Lipinski definition) is 6. The van der Waals surface area contributed by atoms with Gasteiger partial charge in [-0.15, -0.1) is 0 Å². The molecule has 3 aliphatic heterocycles. The van der Waals surface area contributed by atoms with E-state index in [1.807, 2.05) is 10.6 Å². The van der Waals surface area contributed by atoms with Gasteiger partial charge in [-0.2, -0.15) is 9.61 Å². The van der Waals surface area contributed by atoms with Crippen LogP contribution in [-0.4, -0.2) is 65.9 Å². The van der Waals surface area contributed by atoms with Crippen molar-refractivity contribution in [2.75, 3.05) is 44.2 Å². The van der Waals surface area contributed by atoms with Crippen molar-refractivity contribution in [3.63, 3.8) is 0 Å². The average Bonchev–Trinajstić information content (AvgIpc) is 3.02. The van der Waals surface area contributed by atoms with Gasteiger partial charge in [0.15, 0.2) is 5.65 Å². The molecule has 2 saturated heterocycles. The third-order valence-electron chi connectivity index (χ3n) is 6.11. The number of fused-ring (bicyclic) bond motifs is 2. The average molecular weight is 384 g/mol. The van der Waals surface area contributed by atoms with Gasteiger partial charge in [0.25, 0.3) is 0 Å². The van der Waals surface area contributed by atoms with Gasteiger partial charge in [0, 0.05) is 50.8 Å². The summed E-state index contributed by atoms with van der Waals surface area (Å²) < 4.78 is 7.65. The highest BCUT2D eigenvalue weighted by Gasteiger charge is 2.36. The highest BCUT2D eigenvalue weighted by molar-refractivity contribution is 5.82. The number of rotatable bonds is 4. The standard InChI is InChI=1S/C20H28N6O2/c27-19(22-11-15-3-1-2-10-28-15)14-12-25(13-14)20-16-4-7-21-8-5-17(16)24-18-6-9-23-26(18)20/h6,9,14-15,21H,1-5,7-8,10-13H2,(H,22,27). The number of anilines is 1. The van der Waals surface area contributed by atoms with Gasteiger partial charge in [0.2, 0.25) is 5.91 Å². The molecule has 0 radical (unpaired) electrons. The van der Waals surface area contributed by atoms with Gasteiger partial charge in [-0.05, 0) is 32.2 Å². The van der Waals surface area contributed by atoms with E-state index in [4.69, 9.17) is 9.72 Å². The second-order valence-corrected chi connectivity index (χ2v) is 8.05. The molecule has 1 unspecified atom stereocenters. The summed E-state index contributed by atoms with van der Waals surface area (Å²) in [6, 6.07) is 1.95. The Labute approximate surface area is 164 Å². The fourth-order valence-electron chi connectivity index (χ4n) is 4.48. The van der Waals surface area contributed by atoms with Crippen molar-refractivity contribution in [2.45, 2.75) is 38.2 Å². The molecule has 3 aliphatic rings. The lowest BCUT2D eigenvalue weighted by molar-refractivity contribution is -0.126. The molecule has 1 atom stereocenters. The Morgan fingerprint density at radius 3 is 3.04 bits per heavy atom. The maximum absolute atomic E-state index is 12.6. The second-order valence-electron chi connectivity index (χ2n) is 8.05. The van der Waals surface area contributed by atoms with Crippen molar-refractivity contribution >= 4 is 17.4 Å². The molecule has 1 amide bonds. The SMILES string of the molecule is O=C(NCC1CCCCO1)C1CN(c2c3c(nc4ccnn24)CCNCC3)C1. The first-order chi connectivity index (χ1) is 13.8. The zero-order valence-corrected chi connectivity index (χ0v) is 16.2. The Morgan fingerprint density at radius 2 is 2.18 bits per heavy atom. The number of hydrogen-bond donors (Lipinski definition) is 2. The second kappa shape index (κ2) is 7.67. The van der Waals surface area contributed by atoms with Crippen molar-refractivity contribution in [2.24, 2.45) is 5.92 Å². The molecule has 8 heteroatoms. The van der Waals surface area contributed by atoms with E-state index in [-0.39, 0.29) is 17.9 Å². The largest absolute Gasteiger partial charge is 0.376 e. The molecule has 2 fully saturated rings. The summed E-state index contributed by atoms with van der Waals surface area (Å²) in [6.07, 6.45) is 7.24. The fraction of sp³-hybridized carbons (Fsp3) is 0.650. The molecule has 2 aromatic heterocycles. The van der Waals surface area contributed by atoms with Crippen LogP contribution in [0.2, 0.25) is 0 Å². The summed E-state index contributed by atoms with van der Waals surface area (Å²) in [7, 11) is 0. The predicted molar refractivity (Wildman–Crippen MR) is 106 cm³/mol. The van der Waals surface area contributed by atoms with Crippen LogP contribution in [0.25, 0.3) is 5.65 Å². The van der Waals surface area contributed by atoms with E-state index < -0.39 is 0 Å². The minimum Gasteiger partial charge on any atom is -0.376 e. The number of carbonyl (C=O) groups excluding carboxylic acids is 1. The summed E-state index contributed by atoms with van der Waals surface area (Å²) in [6.45, 7) is 4.83. The highest BCUT2D eigenvalue weighted by Crippen LogP contribution is 2.31. The summed E-state index contributed by atoms with van der Waals surface area (Å²) in [4.78, 5) is 19.7. The van der Waals surface area contributed by atoms with Gasteiger partial charge >= 0.3 is 0 Å². The molecule has 2 N–H and O–H groups in total. The van der Waals surface area contributed by atoms with Crippen molar-refractivity contribution < 1.29 is 9.53 Å². The lowest BCUT2D eigenvalue weighted by Gasteiger charge is -2.41. The number of amides is 1. The Hall–Kier alpha value is -2.19. The smallest absolute Gasteiger partial charge is 0.226 e. The van der Waals surface area contributed by atoms with Crippen molar-refractivity contribution in [3.05, 3.63) is 23.5 Å². The van der Waals surface area contributed by atoms with Crippen molar-refractivity contribution in [3.8, 4) is 0 Å². The molecular weight excluding hydrogens is 356 g/mol. The predicted octanol–water partition coefficient (Wildman–Crippen LogP) is 0.539. The third kappa shape index (κ3) is 3.35. The zero-order valence-electron chi connectivity index (χ0n) is 16.2. The zero-order chi connectivity index (χ0) is 18.9. The lowest BCUT2D eigenvalue weighted by atomic mass is 9.97. The molecule has 0 saturated carbocycles. The van der Waals surface area contributed by atoms with Crippen LogP contribution in [-0.2, 0) is 22.4 Å². The molecule has 5 heterocycles. The van der Waals surface area contributed by atoms with Gasteiger partial charge < -0.3 is 20.3 Å². The Balaban J connectivity index is 1.28. The number of carbonyl (C=O) groups is 1. The molecule has 8 nitrogen and oxygen atoms in total. The van der Waals surface area contributed by atoms with E-state index in [9.17, 15) is 4.79 Å². The number of aromatic nitrogens is 3. The Kier molecular flexibility index (Phi) is 4.90. The van der Waals surface area contributed by atoms with Crippen molar-refractivity contribution in [1.29, 1.82) is 0 Å². The highest BCUT2D eigenvalue weighted by atomic mass is 16.5. The van der Waals surface area contributed by atoms with E-state index >= 15 is 0 Å². The molecular formula is C20H28N6O2. The van der Waals surface area contributed by atoms with Crippen LogP contribution in [0.5, 0.6) is 0 Å². The Bertz CT molecular complexity index is 854. The Morgan fingerprint density at radius 1 is 1.29 bits per heavy atom. The van der Waals surface area contributed by atoms with Gasteiger partial charge in [-0.25, -0.2) is 4.98 Å². The molecule has 0 spiro atoms. The first-order valence-corrected chi connectivity index (χ1v) is 10.5. The minimum atomic E-state index is 0.0296. The minimum absolute atomic E-state index is 0.0296. The van der Waals surface area contributed by atoms with Gasteiger partial charge in [0.05, 0.1) is 23.9 Å². The molecule has 2 aromatic rings. The first-order valence-electron chi connectivity index (χ1n) is 10.5. The van der Waals surface area contributed by atoms with Gasteiger partial charge in [-0.1, -0.05) is 0 Å². The van der Waals surface area contributed by atoms with Crippen LogP contribution in [0.3, 0.4) is 0 Å². The lowest BCUT2D eigenvalue weighted by Crippen LogP contribution is -2.55. The summed E-state index contributed by atoms with van der Waals surface area (Å²) in [5.41, 5.74) is 3.32. The third-order valence-corrected chi connectivity index (χ3v) is 6.11. The van der Waals surface area contributed by atoms with Crippen LogP contribution >= 0.6 is 0 Å². The van der Waals surface area contributed by atoms with E-state index in [2.05, 4.69) is 20.6 Å². The number of nitrogens with one attached hydrogen (secondary N) is 2. The first kappa shape index (κ1) is 17.9. The van der Waals surface area contributed by atoms with Gasteiger partial charge in [0.1, 0.15) is 5.82 Å². The van der Waals surface area contributed by atoms with E-state index in [1.54, 1.807) is 6.20 Å². The summed E-state index contributed by atoms with van der Waals surface area (Å²) in [5.74, 6) is 1.29. The molecule has 28 heavy (non-hydrogen) atoms. The number of ether oxygens (including phenoxy) is 1. The topological polar surface area (TPSA) is 83.8 Å². The molecule has 0 aliphatic carbocycles. The van der Waals surface area contributed by atoms with E-state index in [1.165, 1.54) is 12.0 Å². The van der Waals surface area contributed by atoms with Crippen molar-refractivity contribution in [1.82, 2.24) is 25.2 Å². The summed E-state index contributed by atoms with van der Waals surface area (Å²) >= 11 is 0. The molecule has 150 valence electrons. The monoisotopic (exact) mass is 384 g/mol. The van der Waals surface area contributed by atoms with Crippen LogP contribution in [0.4, 0.5) is 5.82 Å². The van der Waals surface area contributed by atoms with Crippen LogP contribution < -0.4 is 15.5 Å². The van der Waals surface area contributed by atoms with E-state index in [0.717, 1.165) is 75.6 Å². The van der Waals surface area contributed by atoms with Crippen LogP contribution in [0.15, 0.2) is 12.3 Å². The maximum atomic E-state index is 12.6. The molecule has 0 aromatic carbocycles. The maximum Gasteiger partial charge on any atom is 0.226 e. The fourth-order valence-corrected chi connectivity index (χ4v) is 4.48. The normalized spacial score (nSPS) is 23.1. The van der Waals surface area contributed by atoms with Crippen LogP contribution in [0, 0.1) is 5.92 Å². The van der Waals surface area contributed by atoms with E-state index in [0.29, 0.717) is 6.54 Å². The molecule has 0 bridgehead atoms. The quantitative estimate of drug-likeness (QED) is 0.801. The molecule has 5 rings (SSSR count). The number of nitrogens with zero attached hydrogens (tertiary/aromatic N) is 4.